The first kappa shape index (κ1) is 23.1. The maximum atomic E-state index is 12.7. The molecule has 1 atom stereocenters. The van der Waals surface area contributed by atoms with Crippen LogP contribution in [0.5, 0.6) is 17.2 Å². The van der Waals surface area contributed by atoms with E-state index in [9.17, 15) is 13.6 Å². The van der Waals surface area contributed by atoms with E-state index >= 15 is 0 Å². The van der Waals surface area contributed by atoms with Gasteiger partial charge in [-0.05, 0) is 41.8 Å². The topological polar surface area (TPSA) is 56.8 Å². The molecule has 0 radical (unpaired) electrons. The second kappa shape index (κ2) is 11.7. The van der Waals surface area contributed by atoms with Crippen LogP contribution in [0, 0.1) is 0 Å². The molecule has 5 nitrogen and oxygen atoms in total. The van der Waals surface area contributed by atoms with Crippen molar-refractivity contribution >= 4 is 5.91 Å². The molecule has 0 fully saturated rings. The molecule has 7 heteroatoms. The Morgan fingerprint density at radius 2 is 1.44 bits per heavy atom. The lowest BCUT2D eigenvalue weighted by Gasteiger charge is -2.20. The number of hydrogen-bond acceptors (Lipinski definition) is 4. The summed E-state index contributed by atoms with van der Waals surface area (Å²) in [5, 5.41) is 2.95. The van der Waals surface area contributed by atoms with Gasteiger partial charge in [0.25, 0.3) is 5.91 Å². The Balaban J connectivity index is 1.71. The number of carbonyl (C=O) groups is 1. The van der Waals surface area contributed by atoms with Crippen molar-refractivity contribution in [3.8, 4) is 17.2 Å². The van der Waals surface area contributed by atoms with Crippen LogP contribution in [-0.4, -0.2) is 25.7 Å². The van der Waals surface area contributed by atoms with Gasteiger partial charge in [0, 0.05) is 0 Å². The average molecular weight is 441 g/mol. The number of alkyl halides is 2. The molecule has 0 aliphatic carbocycles. The van der Waals surface area contributed by atoms with Crippen molar-refractivity contribution in [2.45, 2.75) is 26.0 Å². The van der Waals surface area contributed by atoms with Crippen LogP contribution < -0.4 is 19.5 Å². The predicted molar refractivity (Wildman–Crippen MR) is 117 cm³/mol. The number of para-hydroxylation sites is 2. The van der Waals surface area contributed by atoms with Gasteiger partial charge in [-0.25, -0.2) is 0 Å². The van der Waals surface area contributed by atoms with Crippen LogP contribution in [0.1, 0.15) is 30.5 Å². The van der Waals surface area contributed by atoms with E-state index in [0.717, 1.165) is 17.5 Å². The highest BCUT2D eigenvalue weighted by Crippen LogP contribution is 2.27. The van der Waals surface area contributed by atoms with Crippen molar-refractivity contribution in [2.75, 3.05) is 13.2 Å². The van der Waals surface area contributed by atoms with Crippen molar-refractivity contribution in [1.82, 2.24) is 5.32 Å². The highest BCUT2D eigenvalue weighted by atomic mass is 19.3. The van der Waals surface area contributed by atoms with Gasteiger partial charge in [0.1, 0.15) is 5.75 Å². The number of amides is 1. The van der Waals surface area contributed by atoms with Gasteiger partial charge in [-0.3, -0.25) is 4.79 Å². The third-order valence-electron chi connectivity index (χ3n) is 4.55. The highest BCUT2D eigenvalue weighted by Gasteiger charge is 2.18. The summed E-state index contributed by atoms with van der Waals surface area (Å²) in [4.78, 5) is 12.7. The number of halogens is 2. The fourth-order valence-corrected chi connectivity index (χ4v) is 3.09. The highest BCUT2D eigenvalue weighted by molar-refractivity contribution is 5.78. The van der Waals surface area contributed by atoms with Gasteiger partial charge in [0.05, 0.1) is 12.6 Å². The SMILES string of the molecule is CCCOc1ccccc1OCC(=O)NC(c1ccccc1)c1ccc(OC(F)F)cc1. The van der Waals surface area contributed by atoms with E-state index in [4.69, 9.17) is 9.47 Å². The summed E-state index contributed by atoms with van der Waals surface area (Å²) in [5.41, 5.74) is 1.56. The van der Waals surface area contributed by atoms with Crippen LogP contribution in [0.2, 0.25) is 0 Å². The minimum absolute atomic E-state index is 0.0499. The van der Waals surface area contributed by atoms with Crippen molar-refractivity contribution in [3.05, 3.63) is 90.0 Å². The van der Waals surface area contributed by atoms with Crippen LogP contribution >= 0.6 is 0 Å². The van der Waals surface area contributed by atoms with Crippen molar-refractivity contribution in [1.29, 1.82) is 0 Å². The molecule has 1 unspecified atom stereocenters. The molecule has 0 saturated heterocycles. The van der Waals surface area contributed by atoms with Gasteiger partial charge in [-0.2, -0.15) is 8.78 Å². The van der Waals surface area contributed by atoms with E-state index in [2.05, 4.69) is 10.1 Å². The molecule has 3 aromatic rings. The molecule has 0 aliphatic heterocycles. The summed E-state index contributed by atoms with van der Waals surface area (Å²) in [5.74, 6) is 0.781. The van der Waals surface area contributed by atoms with Crippen molar-refractivity contribution < 1.29 is 27.8 Å². The third kappa shape index (κ3) is 6.70. The number of benzene rings is 3. The number of rotatable bonds is 11. The zero-order valence-electron chi connectivity index (χ0n) is 17.7. The summed E-state index contributed by atoms with van der Waals surface area (Å²) in [6, 6.07) is 22.2. The van der Waals surface area contributed by atoms with E-state index in [1.165, 1.54) is 12.1 Å². The van der Waals surface area contributed by atoms with Crippen molar-refractivity contribution in [2.24, 2.45) is 0 Å². The monoisotopic (exact) mass is 441 g/mol. The molecule has 1 amide bonds. The predicted octanol–water partition coefficient (Wildman–Crippen LogP) is 5.36. The molecule has 168 valence electrons. The zero-order chi connectivity index (χ0) is 22.8. The van der Waals surface area contributed by atoms with Gasteiger partial charge in [0.2, 0.25) is 0 Å². The minimum Gasteiger partial charge on any atom is -0.490 e. The smallest absolute Gasteiger partial charge is 0.387 e. The van der Waals surface area contributed by atoms with Gasteiger partial charge in [-0.1, -0.05) is 61.5 Å². The Hall–Kier alpha value is -3.61. The van der Waals surface area contributed by atoms with Gasteiger partial charge >= 0.3 is 6.61 Å². The van der Waals surface area contributed by atoms with E-state index in [1.807, 2.05) is 49.4 Å². The lowest BCUT2D eigenvalue weighted by atomic mass is 9.98. The van der Waals surface area contributed by atoms with Crippen LogP contribution in [0.15, 0.2) is 78.9 Å². The number of nitrogens with one attached hydrogen (secondary N) is 1. The molecule has 0 aliphatic rings. The molecule has 1 N–H and O–H groups in total. The van der Waals surface area contributed by atoms with Crippen molar-refractivity contribution in [3.63, 3.8) is 0 Å². The first-order valence-corrected chi connectivity index (χ1v) is 10.3. The van der Waals surface area contributed by atoms with Gasteiger partial charge < -0.3 is 19.5 Å². The Morgan fingerprint density at radius 3 is 2.06 bits per heavy atom. The van der Waals surface area contributed by atoms with E-state index in [-0.39, 0.29) is 18.3 Å². The van der Waals surface area contributed by atoms with E-state index < -0.39 is 12.7 Å². The lowest BCUT2D eigenvalue weighted by molar-refractivity contribution is -0.123. The molecular formula is C25H25F2NO4. The Kier molecular flexibility index (Phi) is 8.43. The first-order chi connectivity index (χ1) is 15.6. The molecule has 0 spiro atoms. The van der Waals surface area contributed by atoms with Crippen LogP contribution in [0.3, 0.4) is 0 Å². The Morgan fingerprint density at radius 1 is 0.844 bits per heavy atom. The molecular weight excluding hydrogens is 416 g/mol. The van der Waals surface area contributed by atoms with Gasteiger partial charge in [-0.15, -0.1) is 0 Å². The second-order valence-electron chi connectivity index (χ2n) is 6.94. The number of hydrogen-bond donors (Lipinski definition) is 1. The van der Waals surface area contributed by atoms with Crippen LogP contribution in [0.4, 0.5) is 8.78 Å². The quantitative estimate of drug-likeness (QED) is 0.435. The number of carbonyl (C=O) groups excluding carboxylic acids is 1. The molecule has 0 saturated carbocycles. The third-order valence-corrected chi connectivity index (χ3v) is 4.55. The standard InChI is InChI=1S/C25H25F2NO4/c1-2-16-30-21-10-6-7-11-22(21)31-17-23(29)28-24(18-8-4-3-5-9-18)19-12-14-20(15-13-19)32-25(26)27/h3-15,24-25H,2,16-17H2,1H3,(H,28,29). The summed E-state index contributed by atoms with van der Waals surface area (Å²) >= 11 is 0. The van der Waals surface area contributed by atoms with E-state index in [1.54, 1.807) is 24.3 Å². The molecule has 3 rings (SSSR count). The van der Waals surface area contributed by atoms with Crippen LogP contribution in [-0.2, 0) is 4.79 Å². The molecule has 0 bridgehead atoms. The molecule has 32 heavy (non-hydrogen) atoms. The summed E-state index contributed by atoms with van der Waals surface area (Å²) < 4.78 is 40.6. The summed E-state index contributed by atoms with van der Waals surface area (Å²) in [6.45, 7) is -0.546. The number of ether oxygens (including phenoxy) is 3. The first-order valence-electron chi connectivity index (χ1n) is 10.3. The summed E-state index contributed by atoms with van der Waals surface area (Å²) in [6.07, 6.45) is 0.856. The van der Waals surface area contributed by atoms with E-state index in [0.29, 0.717) is 18.1 Å². The fourth-order valence-electron chi connectivity index (χ4n) is 3.09. The maximum absolute atomic E-state index is 12.7. The molecule has 3 aromatic carbocycles. The Bertz CT molecular complexity index is 981. The Labute approximate surface area is 185 Å². The minimum atomic E-state index is -2.90. The lowest BCUT2D eigenvalue weighted by Crippen LogP contribution is -2.33. The largest absolute Gasteiger partial charge is 0.490 e. The fraction of sp³-hybridized carbons (Fsp3) is 0.240. The maximum Gasteiger partial charge on any atom is 0.387 e. The summed E-state index contributed by atoms with van der Waals surface area (Å²) in [7, 11) is 0. The second-order valence-corrected chi connectivity index (χ2v) is 6.94. The molecule has 0 heterocycles. The zero-order valence-corrected chi connectivity index (χ0v) is 17.7. The average Bonchev–Trinajstić information content (AvgIpc) is 2.81. The normalized spacial score (nSPS) is 11.6. The van der Waals surface area contributed by atoms with Crippen LogP contribution in [0.25, 0.3) is 0 Å². The van der Waals surface area contributed by atoms with Gasteiger partial charge in [0.15, 0.2) is 18.1 Å². The molecule has 0 aromatic heterocycles.